The summed E-state index contributed by atoms with van der Waals surface area (Å²) < 4.78 is 1.77. The quantitative estimate of drug-likeness (QED) is 0.875. The highest BCUT2D eigenvalue weighted by Gasteiger charge is 2.21. The fourth-order valence-corrected chi connectivity index (χ4v) is 3.10. The van der Waals surface area contributed by atoms with Crippen LogP contribution in [0.4, 0.5) is 0 Å². The van der Waals surface area contributed by atoms with Gasteiger partial charge in [0.25, 0.3) is 5.91 Å². The molecule has 1 aromatic carbocycles. The van der Waals surface area contributed by atoms with E-state index in [0.29, 0.717) is 5.92 Å². The van der Waals surface area contributed by atoms with Crippen LogP contribution in [0, 0.1) is 6.92 Å². The molecule has 2 heterocycles. The topological polar surface area (TPSA) is 71.8 Å². The number of amides is 1. The van der Waals surface area contributed by atoms with E-state index in [4.69, 9.17) is 0 Å². The van der Waals surface area contributed by atoms with Crippen molar-refractivity contribution in [2.24, 2.45) is 0 Å². The minimum Gasteiger partial charge on any atom is -0.346 e. The molecule has 0 atom stereocenters. The molecule has 136 valence electrons. The highest BCUT2D eigenvalue weighted by atomic mass is 35.5. The number of rotatable bonds is 4. The fourth-order valence-electron chi connectivity index (χ4n) is 3.10. The van der Waals surface area contributed by atoms with E-state index in [1.807, 2.05) is 25.1 Å². The maximum atomic E-state index is 12.5. The number of para-hydroxylation sites is 1. The second-order valence-corrected chi connectivity index (χ2v) is 6.61. The normalized spacial score (nSPS) is 15.0. The first kappa shape index (κ1) is 19.4. The van der Waals surface area contributed by atoms with Gasteiger partial charge in [-0.2, -0.15) is 0 Å². The molecule has 0 unspecified atom stereocenters. The van der Waals surface area contributed by atoms with Crippen LogP contribution >= 0.6 is 12.4 Å². The van der Waals surface area contributed by atoms with E-state index >= 15 is 0 Å². The number of nitrogens with one attached hydrogen (secondary N) is 2. The number of benzene rings is 1. The predicted octanol–water partition coefficient (Wildman–Crippen LogP) is 2.60. The Morgan fingerprint density at radius 2 is 1.96 bits per heavy atom. The molecule has 0 saturated carbocycles. The van der Waals surface area contributed by atoms with Gasteiger partial charge < -0.3 is 10.6 Å². The third kappa shape index (κ3) is 4.38. The molecule has 2 N–H and O–H groups in total. The number of piperidine rings is 1. The molecule has 1 saturated heterocycles. The molecule has 6 nitrogen and oxygen atoms in total. The summed E-state index contributed by atoms with van der Waals surface area (Å²) in [6.45, 7) is 8.05. The minimum absolute atomic E-state index is 0. The second kappa shape index (κ2) is 8.45. The number of aryl methyl sites for hydroxylation is 1. The summed E-state index contributed by atoms with van der Waals surface area (Å²) in [6, 6.07) is 8.32. The summed E-state index contributed by atoms with van der Waals surface area (Å²) in [6.07, 6.45) is 1.89. The summed E-state index contributed by atoms with van der Waals surface area (Å²) in [5, 5.41) is 10.8. The average Bonchev–Trinajstić information content (AvgIpc) is 2.97. The van der Waals surface area contributed by atoms with Gasteiger partial charge in [-0.1, -0.05) is 32.0 Å². The number of halogens is 1. The molecule has 1 aliphatic heterocycles. The monoisotopic (exact) mass is 363 g/mol. The Morgan fingerprint density at radius 1 is 1.28 bits per heavy atom. The van der Waals surface area contributed by atoms with Crippen molar-refractivity contribution < 1.29 is 4.79 Å². The van der Waals surface area contributed by atoms with Crippen LogP contribution in [0.2, 0.25) is 0 Å². The van der Waals surface area contributed by atoms with Gasteiger partial charge in [0.1, 0.15) is 5.82 Å². The maximum Gasteiger partial charge on any atom is 0.291 e. The van der Waals surface area contributed by atoms with Crippen molar-refractivity contribution in [1.82, 2.24) is 25.4 Å². The van der Waals surface area contributed by atoms with Crippen LogP contribution in [-0.4, -0.2) is 39.8 Å². The molecule has 1 fully saturated rings. The second-order valence-electron chi connectivity index (χ2n) is 6.61. The number of carbonyl (C=O) groups excluding carboxylic acids is 1. The Morgan fingerprint density at radius 3 is 2.64 bits per heavy atom. The lowest BCUT2D eigenvalue weighted by atomic mass is 10.0. The van der Waals surface area contributed by atoms with Gasteiger partial charge in [-0.3, -0.25) is 4.79 Å². The smallest absolute Gasteiger partial charge is 0.291 e. The van der Waals surface area contributed by atoms with Crippen molar-refractivity contribution >= 4 is 18.3 Å². The lowest BCUT2D eigenvalue weighted by Gasteiger charge is -2.22. The number of hydrogen-bond acceptors (Lipinski definition) is 4. The van der Waals surface area contributed by atoms with Crippen molar-refractivity contribution in [3.8, 4) is 5.69 Å². The van der Waals surface area contributed by atoms with Crippen molar-refractivity contribution in [1.29, 1.82) is 0 Å². The van der Waals surface area contributed by atoms with Crippen molar-refractivity contribution in [3.05, 3.63) is 41.5 Å². The van der Waals surface area contributed by atoms with Gasteiger partial charge in [-0.15, -0.1) is 17.5 Å². The molecule has 1 aromatic heterocycles. The highest BCUT2D eigenvalue weighted by Crippen LogP contribution is 2.23. The van der Waals surface area contributed by atoms with Crippen LogP contribution < -0.4 is 10.6 Å². The molecule has 1 aliphatic rings. The fraction of sp³-hybridized carbons (Fsp3) is 0.500. The molecular weight excluding hydrogens is 338 g/mol. The lowest BCUT2D eigenvalue weighted by Crippen LogP contribution is -2.43. The van der Waals surface area contributed by atoms with E-state index in [2.05, 4.69) is 40.6 Å². The van der Waals surface area contributed by atoms with E-state index in [0.717, 1.165) is 37.4 Å². The number of carbonyl (C=O) groups is 1. The van der Waals surface area contributed by atoms with Crippen LogP contribution in [0.15, 0.2) is 24.3 Å². The molecule has 0 bridgehead atoms. The summed E-state index contributed by atoms with van der Waals surface area (Å²) in [4.78, 5) is 16.8. The third-order valence-corrected chi connectivity index (χ3v) is 4.43. The first-order valence-corrected chi connectivity index (χ1v) is 8.61. The largest absolute Gasteiger partial charge is 0.346 e. The SMILES string of the molecule is Cc1nc(C(=O)NC2CCNCC2)nn1-c1ccccc1C(C)C.Cl. The Kier molecular flexibility index (Phi) is 6.56. The molecule has 25 heavy (non-hydrogen) atoms. The molecular formula is C18H26ClN5O. The zero-order valence-corrected chi connectivity index (χ0v) is 15.8. The molecule has 0 aliphatic carbocycles. The Bertz CT molecular complexity index is 722. The summed E-state index contributed by atoms with van der Waals surface area (Å²) in [7, 11) is 0. The van der Waals surface area contributed by atoms with Crippen LogP contribution in [-0.2, 0) is 0 Å². The van der Waals surface area contributed by atoms with E-state index < -0.39 is 0 Å². The Hall–Kier alpha value is -1.92. The van der Waals surface area contributed by atoms with Gasteiger partial charge in [-0.25, -0.2) is 9.67 Å². The molecule has 0 radical (unpaired) electrons. The first-order chi connectivity index (χ1) is 11.6. The zero-order valence-electron chi connectivity index (χ0n) is 15.0. The van der Waals surface area contributed by atoms with Crippen LogP contribution in [0.1, 0.15) is 54.6 Å². The Balaban J connectivity index is 0.00000225. The van der Waals surface area contributed by atoms with Crippen LogP contribution in [0.5, 0.6) is 0 Å². The standard InChI is InChI=1S/C18H25N5O.ClH/c1-12(2)15-6-4-5-7-16(15)23-13(3)20-17(22-23)18(24)21-14-8-10-19-11-9-14;/h4-7,12,14,19H,8-11H2,1-3H3,(H,21,24);1H. The van der Waals surface area contributed by atoms with E-state index in [-0.39, 0.29) is 30.2 Å². The molecule has 7 heteroatoms. The molecule has 1 amide bonds. The van der Waals surface area contributed by atoms with Gasteiger partial charge >= 0.3 is 0 Å². The first-order valence-electron chi connectivity index (χ1n) is 8.61. The Labute approximate surface area is 154 Å². The van der Waals surface area contributed by atoms with Gasteiger partial charge in [0, 0.05) is 6.04 Å². The average molecular weight is 364 g/mol. The van der Waals surface area contributed by atoms with Gasteiger partial charge in [0.2, 0.25) is 5.82 Å². The van der Waals surface area contributed by atoms with Crippen molar-refractivity contribution in [3.63, 3.8) is 0 Å². The number of nitrogens with zero attached hydrogens (tertiary/aromatic N) is 3. The predicted molar refractivity (Wildman–Crippen MR) is 101 cm³/mol. The van der Waals surface area contributed by atoms with E-state index in [9.17, 15) is 4.79 Å². The van der Waals surface area contributed by atoms with Gasteiger partial charge in [-0.05, 0) is 50.4 Å². The summed E-state index contributed by atoms with van der Waals surface area (Å²) in [5.41, 5.74) is 2.18. The maximum absolute atomic E-state index is 12.5. The van der Waals surface area contributed by atoms with Gasteiger partial charge in [0.05, 0.1) is 5.69 Å². The molecule has 3 rings (SSSR count). The summed E-state index contributed by atoms with van der Waals surface area (Å²) in [5.74, 6) is 1.14. The zero-order chi connectivity index (χ0) is 17.1. The third-order valence-electron chi connectivity index (χ3n) is 4.43. The van der Waals surface area contributed by atoms with Crippen LogP contribution in [0.3, 0.4) is 0 Å². The van der Waals surface area contributed by atoms with Crippen molar-refractivity contribution in [2.45, 2.75) is 45.6 Å². The number of aromatic nitrogens is 3. The van der Waals surface area contributed by atoms with E-state index in [1.54, 1.807) is 4.68 Å². The van der Waals surface area contributed by atoms with Gasteiger partial charge in [0.15, 0.2) is 0 Å². The van der Waals surface area contributed by atoms with E-state index in [1.165, 1.54) is 5.56 Å². The molecule has 2 aromatic rings. The summed E-state index contributed by atoms with van der Waals surface area (Å²) >= 11 is 0. The minimum atomic E-state index is -0.189. The highest BCUT2D eigenvalue weighted by molar-refractivity contribution is 5.90. The lowest BCUT2D eigenvalue weighted by molar-refractivity contribution is 0.0919. The van der Waals surface area contributed by atoms with Crippen molar-refractivity contribution in [2.75, 3.05) is 13.1 Å². The van der Waals surface area contributed by atoms with Crippen LogP contribution in [0.25, 0.3) is 5.69 Å². The number of hydrogen-bond donors (Lipinski definition) is 2. The molecule has 0 spiro atoms.